The lowest BCUT2D eigenvalue weighted by molar-refractivity contribution is 0.240. The molecule has 0 radical (unpaired) electrons. The molecule has 92 valence electrons. The molecule has 1 aromatic rings. The van der Waals surface area contributed by atoms with Crippen molar-refractivity contribution < 1.29 is 0 Å². The summed E-state index contributed by atoms with van der Waals surface area (Å²) in [7, 11) is 0. The zero-order chi connectivity index (χ0) is 10.7. The van der Waals surface area contributed by atoms with E-state index in [1.165, 1.54) is 18.4 Å². The first-order chi connectivity index (χ1) is 7.28. The predicted molar refractivity (Wildman–Crippen MR) is 68.8 cm³/mol. The molecule has 0 aliphatic heterocycles. The highest BCUT2D eigenvalue weighted by atomic mass is 35.5. The lowest BCUT2D eigenvalue weighted by atomic mass is 9.82. The third-order valence-corrected chi connectivity index (χ3v) is 3.11. The molecule has 1 fully saturated rings. The Morgan fingerprint density at radius 1 is 1.50 bits per heavy atom. The monoisotopic (exact) mass is 243 g/mol. The minimum Gasteiger partial charge on any atom is -0.310 e. The van der Waals surface area contributed by atoms with Crippen LogP contribution < -0.4 is 5.32 Å². The van der Waals surface area contributed by atoms with Crippen LogP contribution in [0.25, 0.3) is 0 Å². The van der Waals surface area contributed by atoms with Crippen LogP contribution in [-0.4, -0.2) is 15.8 Å². The molecule has 1 aliphatic rings. The van der Waals surface area contributed by atoms with Gasteiger partial charge in [0, 0.05) is 30.9 Å². The maximum Gasteiger partial charge on any atom is 0.0534 e. The molecular formula is C12H22ClN3. The molecule has 1 saturated carbocycles. The van der Waals surface area contributed by atoms with Crippen LogP contribution in [0.1, 0.15) is 38.7 Å². The fourth-order valence-electron chi connectivity index (χ4n) is 2.18. The second-order valence-corrected chi connectivity index (χ2v) is 4.77. The van der Waals surface area contributed by atoms with Crippen molar-refractivity contribution in [2.45, 2.75) is 52.2 Å². The van der Waals surface area contributed by atoms with Crippen molar-refractivity contribution in [2.75, 3.05) is 0 Å². The Balaban J connectivity index is 0.00000128. The van der Waals surface area contributed by atoms with Gasteiger partial charge in [-0.15, -0.1) is 12.4 Å². The first-order valence-electron chi connectivity index (χ1n) is 6.02. The topological polar surface area (TPSA) is 29.9 Å². The highest BCUT2D eigenvalue weighted by Crippen LogP contribution is 2.26. The van der Waals surface area contributed by atoms with E-state index in [1.807, 2.05) is 10.9 Å². The van der Waals surface area contributed by atoms with Gasteiger partial charge < -0.3 is 5.32 Å². The molecule has 1 heterocycles. The van der Waals surface area contributed by atoms with Gasteiger partial charge in [-0.25, -0.2) is 0 Å². The van der Waals surface area contributed by atoms with Gasteiger partial charge in [0.05, 0.1) is 6.20 Å². The molecule has 0 saturated heterocycles. The number of aryl methyl sites for hydroxylation is 1. The molecule has 3 nitrogen and oxygen atoms in total. The molecule has 0 unspecified atom stereocenters. The van der Waals surface area contributed by atoms with Crippen molar-refractivity contribution in [3.63, 3.8) is 0 Å². The second kappa shape index (κ2) is 6.26. The van der Waals surface area contributed by atoms with Crippen molar-refractivity contribution in [3.8, 4) is 0 Å². The first kappa shape index (κ1) is 13.5. The van der Waals surface area contributed by atoms with Gasteiger partial charge in [-0.3, -0.25) is 4.68 Å². The Bertz CT molecular complexity index is 305. The van der Waals surface area contributed by atoms with E-state index in [1.54, 1.807) is 0 Å². The van der Waals surface area contributed by atoms with Gasteiger partial charge >= 0.3 is 0 Å². The fourth-order valence-corrected chi connectivity index (χ4v) is 2.18. The number of nitrogens with zero attached hydrogens (tertiary/aromatic N) is 2. The SMILES string of the molecule is CCCn1cc(CNC2CC(C)C2)cn1.Cl. The van der Waals surface area contributed by atoms with Gasteiger partial charge in [0.25, 0.3) is 0 Å². The van der Waals surface area contributed by atoms with Crippen LogP contribution >= 0.6 is 12.4 Å². The van der Waals surface area contributed by atoms with Gasteiger partial charge in [-0.1, -0.05) is 13.8 Å². The van der Waals surface area contributed by atoms with Crippen molar-refractivity contribution in [1.82, 2.24) is 15.1 Å². The Labute approximate surface area is 104 Å². The number of hydrogen-bond acceptors (Lipinski definition) is 2. The lowest BCUT2D eigenvalue weighted by Gasteiger charge is -2.33. The maximum atomic E-state index is 4.32. The van der Waals surface area contributed by atoms with Gasteiger partial charge in [0.2, 0.25) is 0 Å². The average Bonchev–Trinajstić information content (AvgIpc) is 2.59. The van der Waals surface area contributed by atoms with E-state index in [0.29, 0.717) is 0 Å². The van der Waals surface area contributed by atoms with E-state index < -0.39 is 0 Å². The largest absolute Gasteiger partial charge is 0.310 e. The van der Waals surface area contributed by atoms with E-state index in [2.05, 4.69) is 30.5 Å². The molecule has 0 amide bonds. The van der Waals surface area contributed by atoms with Gasteiger partial charge in [-0.05, 0) is 25.2 Å². The molecule has 0 aromatic carbocycles. The van der Waals surface area contributed by atoms with E-state index in [4.69, 9.17) is 0 Å². The molecule has 1 aromatic heterocycles. The smallest absolute Gasteiger partial charge is 0.0534 e. The highest BCUT2D eigenvalue weighted by Gasteiger charge is 2.24. The zero-order valence-corrected chi connectivity index (χ0v) is 11.0. The minimum absolute atomic E-state index is 0. The van der Waals surface area contributed by atoms with Crippen LogP contribution in [0.4, 0.5) is 0 Å². The van der Waals surface area contributed by atoms with Crippen molar-refractivity contribution in [1.29, 1.82) is 0 Å². The van der Waals surface area contributed by atoms with Crippen LogP contribution in [-0.2, 0) is 13.1 Å². The summed E-state index contributed by atoms with van der Waals surface area (Å²) in [5, 5.41) is 7.89. The summed E-state index contributed by atoms with van der Waals surface area (Å²) < 4.78 is 2.03. The first-order valence-corrected chi connectivity index (χ1v) is 6.02. The van der Waals surface area contributed by atoms with Crippen LogP contribution in [0.3, 0.4) is 0 Å². The highest BCUT2D eigenvalue weighted by molar-refractivity contribution is 5.85. The molecule has 16 heavy (non-hydrogen) atoms. The molecule has 0 bridgehead atoms. The van der Waals surface area contributed by atoms with Crippen LogP contribution in [0.2, 0.25) is 0 Å². The van der Waals surface area contributed by atoms with Gasteiger partial charge in [-0.2, -0.15) is 5.10 Å². The standard InChI is InChI=1S/C12H21N3.ClH/c1-3-4-15-9-11(8-14-15)7-13-12-5-10(2)6-12;/h8-10,12-13H,3-7H2,1-2H3;1H. The molecule has 0 spiro atoms. The summed E-state index contributed by atoms with van der Waals surface area (Å²) in [6, 6.07) is 0.745. The summed E-state index contributed by atoms with van der Waals surface area (Å²) in [4.78, 5) is 0. The third kappa shape index (κ3) is 3.49. The molecule has 4 heteroatoms. The Morgan fingerprint density at radius 2 is 2.25 bits per heavy atom. The fraction of sp³-hybridized carbons (Fsp3) is 0.750. The summed E-state index contributed by atoms with van der Waals surface area (Å²) in [5.41, 5.74) is 1.31. The molecule has 1 N–H and O–H groups in total. The third-order valence-electron chi connectivity index (χ3n) is 3.11. The van der Waals surface area contributed by atoms with Crippen molar-refractivity contribution >= 4 is 12.4 Å². The molecule has 1 aliphatic carbocycles. The van der Waals surface area contributed by atoms with E-state index in [9.17, 15) is 0 Å². The number of hydrogen-bond donors (Lipinski definition) is 1. The maximum absolute atomic E-state index is 4.32. The Morgan fingerprint density at radius 3 is 2.88 bits per heavy atom. The summed E-state index contributed by atoms with van der Waals surface area (Å²) >= 11 is 0. The van der Waals surface area contributed by atoms with E-state index in [0.717, 1.165) is 31.5 Å². The van der Waals surface area contributed by atoms with Crippen LogP contribution in [0, 0.1) is 5.92 Å². The number of aromatic nitrogens is 2. The van der Waals surface area contributed by atoms with Gasteiger partial charge in [0.15, 0.2) is 0 Å². The minimum atomic E-state index is 0. The van der Waals surface area contributed by atoms with Crippen molar-refractivity contribution in [3.05, 3.63) is 18.0 Å². The molecular weight excluding hydrogens is 222 g/mol. The molecule has 0 atom stereocenters. The number of nitrogens with one attached hydrogen (secondary N) is 1. The quantitative estimate of drug-likeness (QED) is 0.862. The van der Waals surface area contributed by atoms with Crippen molar-refractivity contribution in [2.24, 2.45) is 5.92 Å². The van der Waals surface area contributed by atoms with Crippen LogP contribution in [0.5, 0.6) is 0 Å². The van der Waals surface area contributed by atoms with E-state index in [-0.39, 0.29) is 12.4 Å². The zero-order valence-electron chi connectivity index (χ0n) is 10.1. The Kier molecular flexibility index (Phi) is 5.29. The predicted octanol–water partition coefficient (Wildman–Crippen LogP) is 2.60. The number of halogens is 1. The normalized spacial score (nSPS) is 23.6. The lowest BCUT2D eigenvalue weighted by Crippen LogP contribution is -2.39. The summed E-state index contributed by atoms with van der Waals surface area (Å²) in [6.45, 7) is 6.49. The second-order valence-electron chi connectivity index (χ2n) is 4.77. The van der Waals surface area contributed by atoms with Gasteiger partial charge in [0.1, 0.15) is 0 Å². The molecule has 2 rings (SSSR count). The van der Waals surface area contributed by atoms with Crippen LogP contribution in [0.15, 0.2) is 12.4 Å². The van der Waals surface area contributed by atoms with E-state index >= 15 is 0 Å². The number of rotatable bonds is 5. The average molecular weight is 244 g/mol. The summed E-state index contributed by atoms with van der Waals surface area (Å²) in [5.74, 6) is 0.922. The Hall–Kier alpha value is -0.540. The summed E-state index contributed by atoms with van der Waals surface area (Å²) in [6.07, 6.45) is 7.95.